The molecule has 1 aromatic rings. The zero-order chi connectivity index (χ0) is 10.7. The second-order valence-electron chi connectivity index (χ2n) is 2.93. The number of hydrogen-bond acceptors (Lipinski definition) is 2. The van der Waals surface area contributed by atoms with Crippen LogP contribution in [0.1, 0.15) is 18.0 Å². The summed E-state index contributed by atoms with van der Waals surface area (Å²) in [5.41, 5.74) is 6.26. The monoisotopic (exact) mass is 259 g/mol. The zero-order valence-corrected chi connectivity index (χ0v) is 9.09. The fourth-order valence-electron chi connectivity index (χ4n) is 1.16. The van der Waals surface area contributed by atoms with Crippen molar-refractivity contribution in [2.45, 2.75) is 12.5 Å². The molecule has 3 N–H and O–H groups in total. The van der Waals surface area contributed by atoms with E-state index in [0.717, 1.165) is 0 Å². The fourth-order valence-corrected chi connectivity index (χ4v) is 1.52. The van der Waals surface area contributed by atoms with Gasteiger partial charge < -0.3 is 10.8 Å². The molecule has 2 nitrogen and oxygen atoms in total. The van der Waals surface area contributed by atoms with Crippen LogP contribution in [0.25, 0.3) is 0 Å². The Kier molecular flexibility index (Phi) is 3.66. The molecule has 0 bridgehead atoms. The van der Waals surface area contributed by atoms with Gasteiger partial charge in [-0.3, -0.25) is 0 Å². The predicted octanol–water partition coefficient (Wildman–Crippen LogP) is 2.87. The average Bonchev–Trinajstić information content (AvgIpc) is 2.15. The van der Waals surface area contributed by atoms with Gasteiger partial charge >= 0.3 is 0 Å². The number of rotatable bonds is 3. The first-order valence-electron chi connectivity index (χ1n) is 4.11. The number of benzene rings is 1. The van der Waals surface area contributed by atoms with Gasteiger partial charge in [0.2, 0.25) is 0 Å². The van der Waals surface area contributed by atoms with E-state index in [1.165, 1.54) is 12.1 Å². The van der Waals surface area contributed by atoms with Crippen molar-refractivity contribution >= 4 is 15.9 Å². The lowest BCUT2D eigenvalue weighted by Gasteiger charge is -2.12. The molecule has 0 amide bonds. The van der Waals surface area contributed by atoms with Crippen LogP contribution >= 0.6 is 15.9 Å². The molecule has 0 spiro atoms. The maximum atomic E-state index is 12.9. The summed E-state index contributed by atoms with van der Waals surface area (Å²) in [6.07, 6.45) is 2.19. The van der Waals surface area contributed by atoms with Gasteiger partial charge in [-0.25, -0.2) is 4.39 Å². The molecule has 0 saturated heterocycles. The summed E-state index contributed by atoms with van der Waals surface area (Å²) in [4.78, 5) is 0. The van der Waals surface area contributed by atoms with Gasteiger partial charge in [-0.05, 0) is 28.4 Å². The van der Waals surface area contributed by atoms with E-state index in [4.69, 9.17) is 5.73 Å². The Morgan fingerprint density at radius 3 is 2.86 bits per heavy atom. The number of aromatic hydroxyl groups is 1. The standard InChI is InChI=1S/C10H11BrFNO/c1-2-3-8(13)6-4-5-7(12)9(11)10(6)14/h2,4-5,8,14H,1,3,13H2/t8-/m0/s1. The quantitative estimate of drug-likeness (QED) is 0.821. The van der Waals surface area contributed by atoms with Crippen molar-refractivity contribution in [1.82, 2.24) is 0 Å². The molecule has 0 radical (unpaired) electrons. The maximum Gasteiger partial charge on any atom is 0.141 e. The molecule has 0 aromatic heterocycles. The van der Waals surface area contributed by atoms with E-state index >= 15 is 0 Å². The fraction of sp³-hybridized carbons (Fsp3) is 0.200. The highest BCUT2D eigenvalue weighted by atomic mass is 79.9. The summed E-state index contributed by atoms with van der Waals surface area (Å²) in [6.45, 7) is 3.55. The van der Waals surface area contributed by atoms with Crippen LogP contribution in [0.5, 0.6) is 5.75 Å². The Morgan fingerprint density at radius 2 is 2.29 bits per heavy atom. The van der Waals surface area contributed by atoms with E-state index in [1.807, 2.05) is 0 Å². The van der Waals surface area contributed by atoms with Crippen molar-refractivity contribution < 1.29 is 9.50 Å². The lowest BCUT2D eigenvalue weighted by Crippen LogP contribution is -2.09. The van der Waals surface area contributed by atoms with Crippen LogP contribution in [0.2, 0.25) is 0 Å². The second-order valence-corrected chi connectivity index (χ2v) is 3.72. The normalized spacial score (nSPS) is 12.5. The molecule has 0 aliphatic carbocycles. The molecule has 0 aliphatic rings. The van der Waals surface area contributed by atoms with Crippen LogP contribution in [0.4, 0.5) is 4.39 Å². The van der Waals surface area contributed by atoms with Gasteiger partial charge in [0.25, 0.3) is 0 Å². The van der Waals surface area contributed by atoms with Gasteiger partial charge in [-0.15, -0.1) is 6.58 Å². The molecule has 1 rings (SSSR count). The Hall–Kier alpha value is -0.870. The number of phenols is 1. The molecule has 0 saturated carbocycles. The van der Waals surface area contributed by atoms with E-state index in [0.29, 0.717) is 12.0 Å². The van der Waals surface area contributed by atoms with Gasteiger partial charge in [-0.1, -0.05) is 12.1 Å². The Morgan fingerprint density at radius 1 is 1.64 bits per heavy atom. The van der Waals surface area contributed by atoms with Crippen molar-refractivity contribution in [2.75, 3.05) is 0 Å². The van der Waals surface area contributed by atoms with Crippen molar-refractivity contribution in [3.63, 3.8) is 0 Å². The van der Waals surface area contributed by atoms with Crippen LogP contribution in [0.3, 0.4) is 0 Å². The third kappa shape index (κ3) is 2.13. The topological polar surface area (TPSA) is 46.2 Å². The van der Waals surface area contributed by atoms with E-state index in [1.54, 1.807) is 6.08 Å². The van der Waals surface area contributed by atoms with Crippen LogP contribution in [-0.4, -0.2) is 5.11 Å². The first kappa shape index (κ1) is 11.2. The van der Waals surface area contributed by atoms with Crippen molar-refractivity contribution in [3.8, 4) is 5.75 Å². The smallest absolute Gasteiger partial charge is 0.141 e. The summed E-state index contributed by atoms with van der Waals surface area (Å²) < 4.78 is 13.0. The van der Waals surface area contributed by atoms with Gasteiger partial charge in [0, 0.05) is 11.6 Å². The van der Waals surface area contributed by atoms with Crippen LogP contribution < -0.4 is 5.73 Å². The van der Waals surface area contributed by atoms with Crippen molar-refractivity contribution in [2.24, 2.45) is 5.73 Å². The molecule has 4 heteroatoms. The first-order chi connectivity index (χ1) is 6.57. The lowest BCUT2D eigenvalue weighted by molar-refractivity contribution is 0.450. The zero-order valence-electron chi connectivity index (χ0n) is 7.50. The van der Waals surface area contributed by atoms with Crippen LogP contribution in [0, 0.1) is 5.82 Å². The Labute approximate surface area is 90.4 Å². The molecule has 14 heavy (non-hydrogen) atoms. The van der Waals surface area contributed by atoms with E-state index < -0.39 is 5.82 Å². The van der Waals surface area contributed by atoms with Crippen molar-refractivity contribution in [1.29, 1.82) is 0 Å². The molecule has 0 fully saturated rings. The minimum atomic E-state index is -0.503. The van der Waals surface area contributed by atoms with Gasteiger partial charge in [0.05, 0.1) is 4.47 Å². The average molecular weight is 260 g/mol. The highest BCUT2D eigenvalue weighted by molar-refractivity contribution is 9.10. The maximum absolute atomic E-state index is 12.9. The Balaban J connectivity index is 3.10. The highest BCUT2D eigenvalue weighted by Gasteiger charge is 2.14. The van der Waals surface area contributed by atoms with Gasteiger partial charge in [-0.2, -0.15) is 0 Å². The third-order valence-electron chi connectivity index (χ3n) is 1.92. The SMILES string of the molecule is C=CC[C@H](N)c1ccc(F)c(Br)c1O. The molecule has 0 unspecified atom stereocenters. The molecule has 1 aromatic carbocycles. The lowest BCUT2D eigenvalue weighted by atomic mass is 10.0. The summed E-state index contributed by atoms with van der Waals surface area (Å²) in [5.74, 6) is -0.642. The second kappa shape index (κ2) is 4.57. The van der Waals surface area contributed by atoms with E-state index in [9.17, 15) is 9.50 Å². The summed E-state index contributed by atoms with van der Waals surface area (Å²) in [7, 11) is 0. The molecule has 0 heterocycles. The Bertz CT molecular complexity index is 354. The molecule has 76 valence electrons. The van der Waals surface area contributed by atoms with Gasteiger partial charge in [0.1, 0.15) is 11.6 Å². The number of nitrogens with two attached hydrogens (primary N) is 1. The first-order valence-corrected chi connectivity index (χ1v) is 4.90. The molecular weight excluding hydrogens is 249 g/mol. The minimum absolute atomic E-state index is 0.0505. The molecular formula is C10H11BrFNO. The largest absolute Gasteiger partial charge is 0.506 e. The number of phenolic OH excluding ortho intramolecular Hbond substituents is 1. The van der Waals surface area contributed by atoms with Crippen LogP contribution in [-0.2, 0) is 0 Å². The highest BCUT2D eigenvalue weighted by Crippen LogP contribution is 2.34. The summed E-state index contributed by atoms with van der Waals surface area (Å²) >= 11 is 2.94. The molecule has 0 aliphatic heterocycles. The molecule has 1 atom stereocenters. The predicted molar refractivity (Wildman–Crippen MR) is 57.5 cm³/mol. The number of halogens is 2. The van der Waals surface area contributed by atoms with Crippen molar-refractivity contribution in [3.05, 3.63) is 40.6 Å². The third-order valence-corrected chi connectivity index (χ3v) is 2.67. The van der Waals surface area contributed by atoms with E-state index in [-0.39, 0.29) is 16.3 Å². The summed E-state index contributed by atoms with van der Waals surface area (Å²) in [5, 5.41) is 9.57. The van der Waals surface area contributed by atoms with Crippen LogP contribution in [0.15, 0.2) is 29.3 Å². The number of hydrogen-bond donors (Lipinski definition) is 2. The minimum Gasteiger partial charge on any atom is -0.506 e. The van der Waals surface area contributed by atoms with Gasteiger partial charge in [0.15, 0.2) is 0 Å². The van der Waals surface area contributed by atoms with E-state index in [2.05, 4.69) is 22.5 Å². The summed E-state index contributed by atoms with van der Waals surface area (Å²) in [6, 6.07) is 2.38.